The third-order valence-corrected chi connectivity index (χ3v) is 5.77. The van der Waals surface area contributed by atoms with Crippen molar-refractivity contribution in [1.29, 1.82) is 0 Å². The zero-order valence-corrected chi connectivity index (χ0v) is 16.8. The van der Waals surface area contributed by atoms with Gasteiger partial charge in [-0.15, -0.1) is 0 Å². The maximum atomic E-state index is 13.0. The minimum atomic E-state index is -0.746. The summed E-state index contributed by atoms with van der Waals surface area (Å²) < 4.78 is 6.91. The third kappa shape index (κ3) is 2.91. The summed E-state index contributed by atoms with van der Waals surface area (Å²) in [7, 11) is 1.68. The molecule has 0 saturated heterocycles. The average molecular weight is 397 g/mol. The average Bonchev–Trinajstić information content (AvgIpc) is 2.67. The van der Waals surface area contributed by atoms with Crippen molar-refractivity contribution in [3.63, 3.8) is 0 Å². The summed E-state index contributed by atoms with van der Waals surface area (Å²) in [6, 6.07) is 10.8. The van der Waals surface area contributed by atoms with Gasteiger partial charge < -0.3 is 14.6 Å². The van der Waals surface area contributed by atoms with Gasteiger partial charge in [-0.25, -0.2) is 4.79 Å². The number of halogens is 1. The number of pyridine rings is 1. The number of carbonyl (C=O) groups excluding carboxylic acids is 1. The van der Waals surface area contributed by atoms with Crippen LogP contribution in [0.25, 0.3) is 10.9 Å². The molecule has 1 aliphatic heterocycles. The number of aryl methyl sites for hydroxylation is 2. The van der Waals surface area contributed by atoms with Gasteiger partial charge in [-0.05, 0) is 61.7 Å². The molecule has 0 spiro atoms. The van der Waals surface area contributed by atoms with Crippen LogP contribution in [0.15, 0.2) is 41.2 Å². The monoisotopic (exact) mass is 396 g/mol. The van der Waals surface area contributed by atoms with Crippen LogP contribution in [0.1, 0.15) is 40.0 Å². The zero-order chi connectivity index (χ0) is 20.0. The van der Waals surface area contributed by atoms with Crippen LogP contribution in [-0.2, 0) is 13.5 Å². The molecule has 28 heavy (non-hydrogen) atoms. The molecule has 5 nitrogen and oxygen atoms in total. The SMILES string of the molecule is Cc1cc2c(Cl)c(C(=O)Oc3ccccc3)c(=O)n(C)c2c2c1C(C)NCC2. The van der Waals surface area contributed by atoms with Gasteiger partial charge in [-0.2, -0.15) is 0 Å². The Bertz CT molecular complexity index is 1150. The fourth-order valence-electron chi connectivity index (χ4n) is 4.13. The van der Waals surface area contributed by atoms with E-state index in [4.69, 9.17) is 16.3 Å². The highest BCUT2D eigenvalue weighted by atomic mass is 35.5. The number of esters is 1. The Balaban J connectivity index is 1.94. The molecule has 0 saturated carbocycles. The molecule has 1 atom stereocenters. The van der Waals surface area contributed by atoms with Crippen LogP contribution in [0.5, 0.6) is 5.75 Å². The largest absolute Gasteiger partial charge is 0.423 e. The Hall–Kier alpha value is -2.63. The number of para-hydroxylation sites is 1. The van der Waals surface area contributed by atoms with Gasteiger partial charge in [-0.1, -0.05) is 29.8 Å². The number of benzene rings is 2. The van der Waals surface area contributed by atoms with Gasteiger partial charge in [0.05, 0.1) is 10.5 Å². The highest BCUT2D eigenvalue weighted by Gasteiger charge is 2.27. The van der Waals surface area contributed by atoms with Gasteiger partial charge in [0.15, 0.2) is 0 Å². The van der Waals surface area contributed by atoms with Crippen molar-refractivity contribution in [1.82, 2.24) is 9.88 Å². The molecule has 0 amide bonds. The van der Waals surface area contributed by atoms with E-state index < -0.39 is 11.5 Å². The summed E-state index contributed by atoms with van der Waals surface area (Å²) in [6.07, 6.45) is 0.801. The van der Waals surface area contributed by atoms with Crippen LogP contribution in [0.4, 0.5) is 0 Å². The van der Waals surface area contributed by atoms with E-state index in [1.807, 2.05) is 19.1 Å². The summed E-state index contributed by atoms with van der Waals surface area (Å²) in [5.74, 6) is -0.378. The molecule has 4 rings (SSSR count). The fraction of sp³-hybridized carbons (Fsp3) is 0.273. The third-order valence-electron chi connectivity index (χ3n) is 5.38. The smallest absolute Gasteiger partial charge is 0.350 e. The second-order valence-electron chi connectivity index (χ2n) is 7.16. The number of rotatable bonds is 2. The normalized spacial score (nSPS) is 16.1. The summed E-state index contributed by atoms with van der Waals surface area (Å²) in [6.45, 7) is 4.98. The fourth-order valence-corrected chi connectivity index (χ4v) is 4.44. The lowest BCUT2D eigenvalue weighted by molar-refractivity contribution is 0.0732. The quantitative estimate of drug-likeness (QED) is 0.526. The molecule has 0 bridgehead atoms. The predicted octanol–water partition coefficient (Wildman–Crippen LogP) is 3.93. The predicted molar refractivity (Wildman–Crippen MR) is 110 cm³/mol. The van der Waals surface area contributed by atoms with Crippen LogP contribution >= 0.6 is 11.6 Å². The Kier molecular flexibility index (Phi) is 4.73. The van der Waals surface area contributed by atoms with E-state index in [9.17, 15) is 9.59 Å². The van der Waals surface area contributed by atoms with E-state index >= 15 is 0 Å². The summed E-state index contributed by atoms with van der Waals surface area (Å²) >= 11 is 6.60. The first-order valence-electron chi connectivity index (χ1n) is 9.25. The van der Waals surface area contributed by atoms with Gasteiger partial charge in [-0.3, -0.25) is 4.79 Å². The molecule has 0 aliphatic carbocycles. The maximum Gasteiger partial charge on any atom is 0.350 e. The molecule has 1 aromatic heterocycles. The summed E-state index contributed by atoms with van der Waals surface area (Å²) in [5.41, 5.74) is 3.61. The number of nitrogens with one attached hydrogen (secondary N) is 1. The van der Waals surface area contributed by atoms with E-state index in [-0.39, 0.29) is 16.6 Å². The first kappa shape index (κ1) is 18.7. The Morgan fingerprint density at radius 1 is 1.29 bits per heavy atom. The van der Waals surface area contributed by atoms with Crippen molar-refractivity contribution in [3.05, 3.63) is 74.0 Å². The van der Waals surface area contributed by atoms with Gasteiger partial charge >= 0.3 is 5.97 Å². The highest BCUT2D eigenvalue weighted by Crippen LogP contribution is 2.36. The molecule has 1 aliphatic rings. The molecule has 0 radical (unpaired) electrons. The van der Waals surface area contributed by atoms with Crippen molar-refractivity contribution >= 4 is 28.5 Å². The second-order valence-corrected chi connectivity index (χ2v) is 7.54. The lowest BCUT2D eigenvalue weighted by Gasteiger charge is -2.28. The molecule has 1 unspecified atom stereocenters. The van der Waals surface area contributed by atoms with Crippen LogP contribution in [-0.4, -0.2) is 17.1 Å². The molecule has 2 heterocycles. The van der Waals surface area contributed by atoms with Gasteiger partial charge in [0, 0.05) is 18.5 Å². The number of ether oxygens (including phenoxy) is 1. The number of hydrogen-bond donors (Lipinski definition) is 1. The van der Waals surface area contributed by atoms with E-state index in [2.05, 4.69) is 12.2 Å². The molecule has 0 fully saturated rings. The van der Waals surface area contributed by atoms with Crippen molar-refractivity contribution in [2.24, 2.45) is 7.05 Å². The Morgan fingerprint density at radius 2 is 2.00 bits per heavy atom. The van der Waals surface area contributed by atoms with Crippen LogP contribution < -0.4 is 15.6 Å². The van der Waals surface area contributed by atoms with Crippen LogP contribution in [0, 0.1) is 6.92 Å². The Labute approximate surface area is 167 Å². The van der Waals surface area contributed by atoms with Gasteiger partial charge in [0.25, 0.3) is 5.56 Å². The molecule has 2 aromatic carbocycles. The number of carbonyl (C=O) groups is 1. The first-order valence-corrected chi connectivity index (χ1v) is 9.63. The Morgan fingerprint density at radius 3 is 2.71 bits per heavy atom. The van der Waals surface area contributed by atoms with Crippen LogP contribution in [0.2, 0.25) is 5.02 Å². The number of aromatic nitrogens is 1. The molecule has 144 valence electrons. The van der Waals surface area contributed by atoms with Gasteiger partial charge in [0.2, 0.25) is 0 Å². The second kappa shape index (κ2) is 7.08. The standard InChI is InChI=1S/C22H21ClN2O3/c1-12-11-16-19(23)18(22(27)28-14-7-5-4-6-8-14)21(26)25(3)20(16)15-9-10-24-13(2)17(12)15/h4-8,11,13,24H,9-10H2,1-3H3. The summed E-state index contributed by atoms with van der Waals surface area (Å²) in [5, 5.41) is 4.31. The molecular formula is C22H21ClN2O3. The molecule has 3 aromatic rings. The van der Waals surface area contributed by atoms with E-state index in [1.165, 1.54) is 10.1 Å². The lowest BCUT2D eigenvalue weighted by Crippen LogP contribution is -2.32. The van der Waals surface area contributed by atoms with E-state index in [0.29, 0.717) is 11.1 Å². The first-order chi connectivity index (χ1) is 13.4. The molecule has 1 N–H and O–H groups in total. The minimum absolute atomic E-state index is 0.137. The minimum Gasteiger partial charge on any atom is -0.423 e. The molecular weight excluding hydrogens is 376 g/mol. The molecule has 6 heteroatoms. The number of hydrogen-bond acceptors (Lipinski definition) is 4. The number of fused-ring (bicyclic) bond motifs is 3. The van der Waals surface area contributed by atoms with E-state index in [0.717, 1.165) is 29.6 Å². The van der Waals surface area contributed by atoms with E-state index in [1.54, 1.807) is 31.3 Å². The van der Waals surface area contributed by atoms with Crippen molar-refractivity contribution in [2.45, 2.75) is 26.3 Å². The summed E-state index contributed by atoms with van der Waals surface area (Å²) in [4.78, 5) is 25.8. The maximum absolute atomic E-state index is 13.0. The van der Waals surface area contributed by atoms with Gasteiger partial charge in [0.1, 0.15) is 11.3 Å². The van der Waals surface area contributed by atoms with Crippen molar-refractivity contribution in [2.75, 3.05) is 6.54 Å². The van der Waals surface area contributed by atoms with Crippen molar-refractivity contribution in [3.8, 4) is 5.75 Å². The lowest BCUT2D eigenvalue weighted by atomic mass is 9.88. The number of nitrogens with zero attached hydrogens (tertiary/aromatic N) is 1. The van der Waals surface area contributed by atoms with Crippen molar-refractivity contribution < 1.29 is 9.53 Å². The topological polar surface area (TPSA) is 60.3 Å². The van der Waals surface area contributed by atoms with Crippen LogP contribution in [0.3, 0.4) is 0 Å². The zero-order valence-electron chi connectivity index (χ0n) is 16.0. The highest BCUT2D eigenvalue weighted by molar-refractivity contribution is 6.38.